The highest BCUT2D eigenvalue weighted by atomic mass is 19.4. The number of anilines is 2. The molecule has 1 unspecified atom stereocenters. The number of halogens is 3. The fourth-order valence-corrected chi connectivity index (χ4v) is 3.98. The number of alkyl halides is 3. The first-order valence-corrected chi connectivity index (χ1v) is 9.74. The van der Waals surface area contributed by atoms with Crippen LogP contribution < -0.4 is 15.5 Å². The van der Waals surface area contributed by atoms with E-state index in [4.69, 9.17) is 5.73 Å². The standard InChI is InChI=1S/C21H22F3N5O/c22-21(23,24)20-26-16-7-4-8-17(19(16)27-20)29-12-11-28(14-5-2-1-3-6-14)13-15(29)9-10-18(25)30/h1-8,15H,9-13H2,(H2,25,30)(H,26,27). The zero-order valence-corrected chi connectivity index (χ0v) is 16.2. The average Bonchev–Trinajstić information content (AvgIpc) is 3.18. The van der Waals surface area contributed by atoms with Crippen molar-refractivity contribution < 1.29 is 18.0 Å². The minimum atomic E-state index is -4.55. The van der Waals surface area contributed by atoms with Crippen molar-refractivity contribution in [2.24, 2.45) is 5.73 Å². The van der Waals surface area contributed by atoms with Gasteiger partial charge in [-0.1, -0.05) is 24.3 Å². The van der Waals surface area contributed by atoms with Crippen LogP contribution in [0.3, 0.4) is 0 Å². The maximum absolute atomic E-state index is 13.2. The quantitative estimate of drug-likeness (QED) is 0.666. The number of imidazole rings is 1. The Labute approximate surface area is 171 Å². The molecule has 6 nitrogen and oxygen atoms in total. The van der Waals surface area contributed by atoms with E-state index in [-0.39, 0.29) is 18.0 Å². The van der Waals surface area contributed by atoms with Crippen molar-refractivity contribution in [2.45, 2.75) is 25.1 Å². The molecule has 1 aliphatic rings. The summed E-state index contributed by atoms with van der Waals surface area (Å²) in [6, 6.07) is 14.9. The van der Waals surface area contributed by atoms with Crippen LogP contribution in [0, 0.1) is 0 Å². The number of primary amides is 1. The number of hydrogen-bond donors (Lipinski definition) is 2. The molecule has 1 amide bonds. The summed E-state index contributed by atoms with van der Waals surface area (Å²) in [5.74, 6) is -1.41. The Kier molecular flexibility index (Phi) is 5.27. The largest absolute Gasteiger partial charge is 0.449 e. The third-order valence-corrected chi connectivity index (χ3v) is 5.40. The van der Waals surface area contributed by atoms with Gasteiger partial charge in [-0.15, -0.1) is 0 Å². The first-order valence-electron chi connectivity index (χ1n) is 9.74. The van der Waals surface area contributed by atoms with E-state index in [9.17, 15) is 18.0 Å². The molecule has 1 aromatic heterocycles. The molecule has 1 aliphatic heterocycles. The van der Waals surface area contributed by atoms with Crippen molar-refractivity contribution in [2.75, 3.05) is 29.4 Å². The molecule has 1 saturated heterocycles. The minimum Gasteiger partial charge on any atom is -0.370 e. The van der Waals surface area contributed by atoms with Crippen LogP contribution in [0.1, 0.15) is 18.7 Å². The van der Waals surface area contributed by atoms with Gasteiger partial charge < -0.3 is 20.5 Å². The van der Waals surface area contributed by atoms with Crippen LogP contribution in [0.2, 0.25) is 0 Å². The van der Waals surface area contributed by atoms with Crippen LogP contribution in [-0.4, -0.2) is 41.6 Å². The van der Waals surface area contributed by atoms with Gasteiger partial charge in [0.2, 0.25) is 11.7 Å². The monoisotopic (exact) mass is 417 g/mol. The maximum Gasteiger partial charge on any atom is 0.449 e. The highest BCUT2D eigenvalue weighted by molar-refractivity contribution is 5.89. The maximum atomic E-state index is 13.2. The molecule has 30 heavy (non-hydrogen) atoms. The van der Waals surface area contributed by atoms with Crippen LogP contribution >= 0.6 is 0 Å². The van der Waals surface area contributed by atoms with Crippen LogP contribution in [0.5, 0.6) is 0 Å². The fraction of sp³-hybridized carbons (Fsp3) is 0.333. The third-order valence-electron chi connectivity index (χ3n) is 5.40. The molecule has 3 N–H and O–H groups in total. The van der Waals surface area contributed by atoms with Crippen molar-refractivity contribution in [3.05, 3.63) is 54.4 Å². The van der Waals surface area contributed by atoms with E-state index in [2.05, 4.69) is 14.9 Å². The molecule has 2 aromatic carbocycles. The summed E-state index contributed by atoms with van der Waals surface area (Å²) in [7, 11) is 0. The first-order chi connectivity index (χ1) is 14.3. The Bertz CT molecular complexity index is 1030. The summed E-state index contributed by atoms with van der Waals surface area (Å²) in [5.41, 5.74) is 7.67. The number of nitrogens with zero attached hydrogens (tertiary/aromatic N) is 3. The predicted octanol–water partition coefficient (Wildman–Crippen LogP) is 3.54. The summed E-state index contributed by atoms with van der Waals surface area (Å²) < 4.78 is 39.5. The van der Waals surface area contributed by atoms with Gasteiger partial charge in [-0.2, -0.15) is 13.2 Å². The summed E-state index contributed by atoms with van der Waals surface area (Å²) in [4.78, 5) is 21.9. The Morgan fingerprint density at radius 2 is 1.90 bits per heavy atom. The Balaban J connectivity index is 1.68. The van der Waals surface area contributed by atoms with E-state index in [1.54, 1.807) is 18.2 Å². The fourth-order valence-electron chi connectivity index (χ4n) is 3.98. The SMILES string of the molecule is NC(=O)CCC1CN(c2ccccc2)CCN1c1cccc2[nH]c(C(F)(F)F)nc12. The number of para-hydroxylation sites is 2. The van der Waals surface area contributed by atoms with Gasteiger partial charge in [0, 0.05) is 37.8 Å². The lowest BCUT2D eigenvalue weighted by Crippen LogP contribution is -2.53. The molecule has 1 atom stereocenters. The first kappa shape index (κ1) is 20.1. The second kappa shape index (κ2) is 7.89. The van der Waals surface area contributed by atoms with Crippen LogP contribution in [0.4, 0.5) is 24.5 Å². The Morgan fingerprint density at radius 1 is 1.13 bits per heavy atom. The van der Waals surface area contributed by atoms with Gasteiger partial charge in [-0.3, -0.25) is 4.79 Å². The van der Waals surface area contributed by atoms with E-state index >= 15 is 0 Å². The van der Waals surface area contributed by atoms with Gasteiger partial charge in [-0.25, -0.2) is 4.98 Å². The smallest absolute Gasteiger partial charge is 0.370 e. The van der Waals surface area contributed by atoms with Gasteiger partial charge in [0.05, 0.1) is 11.2 Å². The molecule has 4 rings (SSSR count). The number of nitrogens with two attached hydrogens (primary N) is 1. The lowest BCUT2D eigenvalue weighted by molar-refractivity contribution is -0.144. The van der Waals surface area contributed by atoms with Crippen molar-refractivity contribution in [1.82, 2.24) is 9.97 Å². The molecular formula is C21H22F3N5O. The Morgan fingerprint density at radius 3 is 2.60 bits per heavy atom. The van der Waals surface area contributed by atoms with Crippen molar-refractivity contribution in [3.63, 3.8) is 0 Å². The van der Waals surface area contributed by atoms with Crippen molar-refractivity contribution in [3.8, 4) is 0 Å². The van der Waals surface area contributed by atoms with Gasteiger partial charge in [0.15, 0.2) is 0 Å². The lowest BCUT2D eigenvalue weighted by atomic mass is 10.0. The molecular weight excluding hydrogens is 395 g/mol. The van der Waals surface area contributed by atoms with Gasteiger partial charge in [0.1, 0.15) is 5.52 Å². The number of piperazine rings is 1. The van der Waals surface area contributed by atoms with Gasteiger partial charge in [-0.05, 0) is 30.7 Å². The number of hydrogen-bond acceptors (Lipinski definition) is 4. The number of carbonyl (C=O) groups excluding carboxylic acids is 1. The van der Waals surface area contributed by atoms with E-state index < -0.39 is 17.9 Å². The van der Waals surface area contributed by atoms with Crippen molar-refractivity contribution in [1.29, 1.82) is 0 Å². The summed E-state index contributed by atoms with van der Waals surface area (Å²) in [6.07, 6.45) is -3.84. The number of carbonyl (C=O) groups is 1. The highest BCUT2D eigenvalue weighted by Crippen LogP contribution is 2.34. The number of aromatic amines is 1. The number of fused-ring (bicyclic) bond motifs is 1. The molecule has 3 aromatic rings. The molecule has 0 bridgehead atoms. The Hall–Kier alpha value is -3.23. The van der Waals surface area contributed by atoms with E-state index in [1.165, 1.54) is 0 Å². The predicted molar refractivity (Wildman–Crippen MR) is 109 cm³/mol. The van der Waals surface area contributed by atoms with Crippen molar-refractivity contribution >= 4 is 28.3 Å². The van der Waals surface area contributed by atoms with E-state index in [0.29, 0.717) is 37.3 Å². The van der Waals surface area contributed by atoms with Gasteiger partial charge in [0.25, 0.3) is 0 Å². The molecule has 0 radical (unpaired) electrons. The number of aromatic nitrogens is 2. The van der Waals surface area contributed by atoms with Crippen LogP contribution in [-0.2, 0) is 11.0 Å². The number of amides is 1. The topological polar surface area (TPSA) is 78.3 Å². The molecule has 2 heterocycles. The van der Waals surface area contributed by atoms with E-state index in [0.717, 1.165) is 5.69 Å². The number of rotatable bonds is 5. The van der Waals surface area contributed by atoms with Crippen LogP contribution in [0.15, 0.2) is 48.5 Å². The normalized spacial score (nSPS) is 17.5. The second-order valence-corrected chi connectivity index (χ2v) is 7.39. The average molecular weight is 417 g/mol. The molecule has 158 valence electrons. The van der Waals surface area contributed by atoms with E-state index in [1.807, 2.05) is 35.2 Å². The number of nitrogens with one attached hydrogen (secondary N) is 1. The molecule has 0 saturated carbocycles. The summed E-state index contributed by atoms with van der Waals surface area (Å²) >= 11 is 0. The zero-order valence-electron chi connectivity index (χ0n) is 16.2. The third kappa shape index (κ3) is 4.05. The minimum absolute atomic E-state index is 0.0944. The van der Waals surface area contributed by atoms with Gasteiger partial charge >= 0.3 is 6.18 Å². The van der Waals surface area contributed by atoms with Crippen LogP contribution in [0.25, 0.3) is 11.0 Å². The molecule has 9 heteroatoms. The zero-order chi connectivity index (χ0) is 21.3. The number of benzene rings is 2. The molecule has 0 aliphatic carbocycles. The highest BCUT2D eigenvalue weighted by Gasteiger charge is 2.36. The summed E-state index contributed by atoms with van der Waals surface area (Å²) in [5, 5.41) is 0. The lowest BCUT2D eigenvalue weighted by Gasteiger charge is -2.44. The molecule has 1 fully saturated rings. The molecule has 0 spiro atoms. The second-order valence-electron chi connectivity index (χ2n) is 7.39. The number of H-pyrrole nitrogens is 1. The summed E-state index contributed by atoms with van der Waals surface area (Å²) in [6.45, 7) is 1.92.